The highest BCUT2D eigenvalue weighted by atomic mass is 35.5. The number of carbonyl (C=O) groups excluding carboxylic acids is 2. The number of nitrogens with one attached hydrogen (secondary N) is 3. The second-order valence-electron chi connectivity index (χ2n) is 6.82. The van der Waals surface area contributed by atoms with Gasteiger partial charge in [0, 0.05) is 19.6 Å². The molecule has 0 aromatic heterocycles. The number of hydrogen-bond acceptors (Lipinski definition) is 3. The molecule has 0 radical (unpaired) electrons. The Bertz CT molecular complexity index is 405. The summed E-state index contributed by atoms with van der Waals surface area (Å²) in [6.07, 6.45) is 5.65. The second kappa shape index (κ2) is 10.1. The van der Waals surface area contributed by atoms with Gasteiger partial charge in [0.1, 0.15) is 5.54 Å². The van der Waals surface area contributed by atoms with Gasteiger partial charge in [0.15, 0.2) is 0 Å². The van der Waals surface area contributed by atoms with E-state index in [9.17, 15) is 9.59 Å². The Hall–Kier alpha value is -1.01. The van der Waals surface area contributed by atoms with Crippen LogP contribution in [0.2, 0.25) is 0 Å². The van der Waals surface area contributed by atoms with E-state index in [0.29, 0.717) is 12.5 Å². The van der Waals surface area contributed by atoms with Crippen LogP contribution in [0.3, 0.4) is 0 Å². The third-order valence-electron chi connectivity index (χ3n) is 5.14. The zero-order valence-corrected chi connectivity index (χ0v) is 15.8. The molecule has 1 aliphatic heterocycles. The number of rotatable bonds is 6. The molecule has 0 spiro atoms. The van der Waals surface area contributed by atoms with Gasteiger partial charge in [-0.25, -0.2) is 4.79 Å². The number of likely N-dealkylation sites (tertiary alicyclic amines) is 1. The Kier molecular flexibility index (Phi) is 8.84. The quantitative estimate of drug-likeness (QED) is 0.677. The van der Waals surface area contributed by atoms with Crippen molar-refractivity contribution in [3.05, 3.63) is 0 Å². The van der Waals surface area contributed by atoms with Gasteiger partial charge in [0.2, 0.25) is 5.91 Å². The van der Waals surface area contributed by atoms with Crippen molar-refractivity contribution in [3.63, 3.8) is 0 Å². The summed E-state index contributed by atoms with van der Waals surface area (Å²) in [5.74, 6) is 0.790. The molecule has 0 aromatic carbocycles. The Morgan fingerprint density at radius 3 is 2.25 bits per heavy atom. The van der Waals surface area contributed by atoms with Crippen molar-refractivity contribution in [2.75, 3.05) is 32.7 Å². The lowest BCUT2D eigenvalue weighted by Gasteiger charge is -2.39. The maximum Gasteiger partial charge on any atom is 0.315 e. The molecule has 7 heteroatoms. The second-order valence-corrected chi connectivity index (χ2v) is 6.82. The van der Waals surface area contributed by atoms with Gasteiger partial charge in [-0.15, -0.1) is 12.4 Å². The Morgan fingerprint density at radius 2 is 1.71 bits per heavy atom. The van der Waals surface area contributed by atoms with Crippen LogP contribution < -0.4 is 16.0 Å². The van der Waals surface area contributed by atoms with Crippen LogP contribution in [0.1, 0.15) is 52.4 Å². The Balaban J connectivity index is 0.00000288. The molecule has 2 rings (SSSR count). The smallest absolute Gasteiger partial charge is 0.315 e. The molecule has 1 saturated carbocycles. The van der Waals surface area contributed by atoms with Gasteiger partial charge in [0.25, 0.3) is 0 Å². The summed E-state index contributed by atoms with van der Waals surface area (Å²) in [7, 11) is 0. The van der Waals surface area contributed by atoms with E-state index in [4.69, 9.17) is 0 Å². The number of hydrogen-bond donors (Lipinski definition) is 3. The molecule has 6 nitrogen and oxygen atoms in total. The van der Waals surface area contributed by atoms with Gasteiger partial charge >= 0.3 is 6.03 Å². The highest BCUT2D eigenvalue weighted by Gasteiger charge is 2.45. The lowest BCUT2D eigenvalue weighted by molar-refractivity contribution is -0.139. The lowest BCUT2D eigenvalue weighted by Crippen LogP contribution is -2.61. The number of amides is 3. The third kappa shape index (κ3) is 5.24. The summed E-state index contributed by atoms with van der Waals surface area (Å²) in [5.41, 5.74) is -0.673. The molecule has 140 valence electrons. The predicted octanol–water partition coefficient (Wildman–Crippen LogP) is 1.89. The summed E-state index contributed by atoms with van der Waals surface area (Å²) in [5, 5.41) is 9.13. The Morgan fingerprint density at radius 1 is 1.08 bits per heavy atom. The summed E-state index contributed by atoms with van der Waals surface area (Å²) in [4.78, 5) is 27.0. The molecule has 1 aliphatic carbocycles. The minimum absolute atomic E-state index is 0. The van der Waals surface area contributed by atoms with Crippen molar-refractivity contribution in [1.29, 1.82) is 0 Å². The van der Waals surface area contributed by atoms with Gasteiger partial charge in [-0.3, -0.25) is 4.79 Å². The van der Waals surface area contributed by atoms with Crippen molar-refractivity contribution in [3.8, 4) is 0 Å². The molecule has 3 amide bonds. The van der Waals surface area contributed by atoms with E-state index in [0.717, 1.165) is 64.7 Å². The number of carbonyl (C=O) groups is 2. The van der Waals surface area contributed by atoms with Crippen molar-refractivity contribution in [2.24, 2.45) is 5.92 Å². The average molecular weight is 361 g/mol. The van der Waals surface area contributed by atoms with E-state index in [2.05, 4.69) is 22.9 Å². The minimum Gasteiger partial charge on any atom is -0.341 e. The highest BCUT2D eigenvalue weighted by molar-refractivity contribution is 5.91. The van der Waals surface area contributed by atoms with Crippen molar-refractivity contribution in [2.45, 2.75) is 57.9 Å². The van der Waals surface area contributed by atoms with Crippen LogP contribution in [0, 0.1) is 5.92 Å². The van der Waals surface area contributed by atoms with Crippen molar-refractivity contribution in [1.82, 2.24) is 20.9 Å². The first-order valence-corrected chi connectivity index (χ1v) is 9.17. The number of urea groups is 1. The molecule has 0 atom stereocenters. The van der Waals surface area contributed by atoms with Gasteiger partial charge in [-0.2, -0.15) is 0 Å². The fourth-order valence-corrected chi connectivity index (χ4v) is 3.78. The Labute approximate surface area is 151 Å². The number of piperidine rings is 1. The van der Waals surface area contributed by atoms with Crippen LogP contribution in [0.5, 0.6) is 0 Å². The standard InChI is InChI=1S/C17H32N4O2.ClH/c1-3-18-13-14-7-11-21(12-8-14)15(22)17(9-5-6-10-17)20-16(23)19-4-2;/h14,18H,3-13H2,1-2H3,(H2,19,20,23);1H. The number of halogens is 1. The van der Waals surface area contributed by atoms with Crippen LogP contribution >= 0.6 is 12.4 Å². The minimum atomic E-state index is -0.673. The molecular weight excluding hydrogens is 328 g/mol. The van der Waals surface area contributed by atoms with E-state index < -0.39 is 5.54 Å². The molecule has 0 bridgehead atoms. The van der Waals surface area contributed by atoms with E-state index in [1.807, 2.05) is 11.8 Å². The first-order chi connectivity index (χ1) is 11.1. The molecule has 3 N–H and O–H groups in total. The average Bonchev–Trinajstić information content (AvgIpc) is 3.02. The van der Waals surface area contributed by atoms with Crippen molar-refractivity contribution < 1.29 is 9.59 Å². The SMILES string of the molecule is CCNCC1CCN(C(=O)C2(NC(=O)NCC)CCCC2)CC1.Cl. The zero-order chi connectivity index (χ0) is 16.7. The van der Waals surface area contributed by atoms with Crippen LogP contribution in [-0.2, 0) is 4.79 Å². The van der Waals surface area contributed by atoms with Crippen LogP contribution in [0.25, 0.3) is 0 Å². The fraction of sp³-hybridized carbons (Fsp3) is 0.882. The molecule has 0 unspecified atom stereocenters. The van der Waals surface area contributed by atoms with E-state index in [-0.39, 0.29) is 24.3 Å². The summed E-state index contributed by atoms with van der Waals surface area (Å²) < 4.78 is 0. The first kappa shape index (κ1) is 21.0. The fourth-order valence-electron chi connectivity index (χ4n) is 3.78. The molecule has 2 aliphatic rings. The molecule has 2 fully saturated rings. The molecule has 1 saturated heterocycles. The third-order valence-corrected chi connectivity index (χ3v) is 5.14. The van der Waals surface area contributed by atoms with Gasteiger partial charge in [-0.1, -0.05) is 19.8 Å². The summed E-state index contributed by atoms with van der Waals surface area (Å²) >= 11 is 0. The predicted molar refractivity (Wildman–Crippen MR) is 98.5 cm³/mol. The number of nitrogens with zero attached hydrogens (tertiary/aromatic N) is 1. The molecular formula is C17H33ClN4O2. The zero-order valence-electron chi connectivity index (χ0n) is 15.0. The largest absolute Gasteiger partial charge is 0.341 e. The van der Waals surface area contributed by atoms with Crippen LogP contribution in [0.15, 0.2) is 0 Å². The van der Waals surface area contributed by atoms with E-state index in [1.54, 1.807) is 0 Å². The van der Waals surface area contributed by atoms with E-state index in [1.165, 1.54) is 0 Å². The summed E-state index contributed by atoms with van der Waals surface area (Å²) in [6.45, 7) is 8.25. The first-order valence-electron chi connectivity index (χ1n) is 9.17. The summed E-state index contributed by atoms with van der Waals surface area (Å²) in [6, 6.07) is -0.218. The molecule has 0 aromatic rings. The van der Waals surface area contributed by atoms with Gasteiger partial charge in [0.05, 0.1) is 0 Å². The normalized spacial score (nSPS) is 20.3. The monoisotopic (exact) mass is 360 g/mol. The maximum absolute atomic E-state index is 13.1. The molecule has 24 heavy (non-hydrogen) atoms. The van der Waals surface area contributed by atoms with Gasteiger partial charge < -0.3 is 20.9 Å². The molecule has 1 heterocycles. The van der Waals surface area contributed by atoms with Gasteiger partial charge in [-0.05, 0) is 51.6 Å². The lowest BCUT2D eigenvalue weighted by atomic mass is 9.91. The topological polar surface area (TPSA) is 73.5 Å². The van der Waals surface area contributed by atoms with E-state index >= 15 is 0 Å². The van der Waals surface area contributed by atoms with Crippen LogP contribution in [0.4, 0.5) is 4.79 Å². The van der Waals surface area contributed by atoms with Crippen LogP contribution in [-0.4, -0.2) is 55.1 Å². The van der Waals surface area contributed by atoms with Crippen molar-refractivity contribution >= 4 is 24.3 Å². The maximum atomic E-state index is 13.1. The highest BCUT2D eigenvalue weighted by Crippen LogP contribution is 2.32.